The van der Waals surface area contributed by atoms with Gasteiger partial charge in [-0.2, -0.15) is 0 Å². The van der Waals surface area contributed by atoms with E-state index in [1.165, 1.54) is 0 Å². The molecular formula is C13H18BrNO4. The second-order valence-electron chi connectivity index (χ2n) is 4.79. The normalized spacial score (nSPS) is 11.2. The van der Waals surface area contributed by atoms with Crippen molar-refractivity contribution in [3.05, 3.63) is 22.8 Å². The highest BCUT2D eigenvalue weighted by molar-refractivity contribution is 9.10. The van der Waals surface area contributed by atoms with E-state index < -0.39 is 5.60 Å². The van der Waals surface area contributed by atoms with Crippen molar-refractivity contribution in [2.24, 2.45) is 0 Å². The number of esters is 1. The number of halogens is 1. The van der Waals surface area contributed by atoms with Gasteiger partial charge in [0.15, 0.2) is 0 Å². The molecule has 0 saturated heterocycles. The first-order valence-corrected chi connectivity index (χ1v) is 6.71. The van der Waals surface area contributed by atoms with E-state index in [2.05, 4.69) is 20.9 Å². The minimum Gasteiger partial charge on any atom is -0.475 e. The Kier molecular flexibility index (Phi) is 6.24. The first-order chi connectivity index (χ1) is 8.87. The Balaban J connectivity index is 2.13. The molecule has 1 heterocycles. The summed E-state index contributed by atoms with van der Waals surface area (Å²) in [6, 6.07) is 5.39. The molecule has 0 aliphatic rings. The average molecular weight is 332 g/mol. The van der Waals surface area contributed by atoms with Crippen LogP contribution in [-0.2, 0) is 14.3 Å². The Morgan fingerprint density at radius 2 is 2.05 bits per heavy atom. The third kappa shape index (κ3) is 7.79. The van der Waals surface area contributed by atoms with E-state index in [-0.39, 0.29) is 12.6 Å². The van der Waals surface area contributed by atoms with Crippen LogP contribution in [0.1, 0.15) is 20.8 Å². The molecule has 0 aromatic carbocycles. The van der Waals surface area contributed by atoms with Crippen LogP contribution in [-0.4, -0.2) is 36.4 Å². The average Bonchev–Trinajstić information content (AvgIpc) is 2.26. The number of carbonyl (C=O) groups excluding carboxylic acids is 1. The molecule has 0 atom stereocenters. The lowest BCUT2D eigenvalue weighted by Crippen LogP contribution is -2.27. The van der Waals surface area contributed by atoms with Crippen LogP contribution in [0.15, 0.2) is 22.8 Å². The summed E-state index contributed by atoms with van der Waals surface area (Å²) in [6.07, 6.45) is 0. The van der Waals surface area contributed by atoms with Crippen LogP contribution < -0.4 is 4.74 Å². The summed E-state index contributed by atoms with van der Waals surface area (Å²) in [7, 11) is 0. The maximum atomic E-state index is 11.3. The fourth-order valence-corrected chi connectivity index (χ4v) is 1.53. The van der Waals surface area contributed by atoms with Crippen LogP contribution in [0.5, 0.6) is 5.88 Å². The van der Waals surface area contributed by atoms with Gasteiger partial charge in [-0.3, -0.25) is 0 Å². The third-order valence-corrected chi connectivity index (χ3v) is 2.25. The van der Waals surface area contributed by atoms with Gasteiger partial charge in [0.25, 0.3) is 0 Å². The van der Waals surface area contributed by atoms with Crippen molar-refractivity contribution in [2.75, 3.05) is 19.8 Å². The minimum atomic E-state index is -0.489. The van der Waals surface area contributed by atoms with E-state index in [4.69, 9.17) is 14.2 Å². The molecule has 0 fully saturated rings. The lowest BCUT2D eigenvalue weighted by Gasteiger charge is -2.19. The molecule has 6 heteroatoms. The molecule has 1 aromatic rings. The van der Waals surface area contributed by atoms with Crippen molar-refractivity contribution in [1.82, 2.24) is 4.98 Å². The van der Waals surface area contributed by atoms with Gasteiger partial charge in [0.2, 0.25) is 5.88 Å². The highest BCUT2D eigenvalue weighted by atomic mass is 79.9. The highest BCUT2D eigenvalue weighted by Gasteiger charge is 2.15. The van der Waals surface area contributed by atoms with Crippen LogP contribution >= 0.6 is 15.9 Å². The van der Waals surface area contributed by atoms with Gasteiger partial charge in [0.1, 0.15) is 23.4 Å². The van der Waals surface area contributed by atoms with Crippen molar-refractivity contribution in [3.63, 3.8) is 0 Å². The Morgan fingerprint density at radius 3 is 2.68 bits per heavy atom. The molecule has 106 valence electrons. The fraction of sp³-hybridized carbons (Fsp3) is 0.538. The summed E-state index contributed by atoms with van der Waals surface area (Å²) >= 11 is 3.25. The zero-order chi connectivity index (χ0) is 14.3. The largest absolute Gasteiger partial charge is 0.475 e. The fourth-order valence-electron chi connectivity index (χ4n) is 1.20. The lowest BCUT2D eigenvalue weighted by molar-refractivity contribution is -0.160. The zero-order valence-corrected chi connectivity index (χ0v) is 12.9. The molecule has 1 aromatic heterocycles. The smallest absolute Gasteiger partial charge is 0.332 e. The van der Waals surface area contributed by atoms with Crippen molar-refractivity contribution in [2.45, 2.75) is 26.4 Å². The monoisotopic (exact) mass is 331 g/mol. The maximum absolute atomic E-state index is 11.3. The van der Waals surface area contributed by atoms with Crippen LogP contribution in [0.25, 0.3) is 0 Å². The van der Waals surface area contributed by atoms with E-state index in [9.17, 15) is 4.79 Å². The maximum Gasteiger partial charge on any atom is 0.332 e. The van der Waals surface area contributed by atoms with Gasteiger partial charge in [0.05, 0.1) is 6.61 Å². The molecule has 0 bridgehead atoms. The van der Waals surface area contributed by atoms with Gasteiger partial charge in [-0.1, -0.05) is 6.07 Å². The summed E-state index contributed by atoms with van der Waals surface area (Å²) in [4.78, 5) is 15.4. The van der Waals surface area contributed by atoms with Crippen LogP contribution in [0.3, 0.4) is 0 Å². The molecule has 0 aliphatic carbocycles. The Bertz CT molecular complexity index is 417. The molecule has 0 N–H and O–H groups in total. The third-order valence-electron chi connectivity index (χ3n) is 1.81. The van der Waals surface area contributed by atoms with Crippen molar-refractivity contribution in [3.8, 4) is 5.88 Å². The molecule has 5 nitrogen and oxygen atoms in total. The second-order valence-corrected chi connectivity index (χ2v) is 5.60. The van der Waals surface area contributed by atoms with E-state index in [0.29, 0.717) is 23.7 Å². The summed E-state index contributed by atoms with van der Waals surface area (Å²) in [5.74, 6) is 0.128. The number of ether oxygens (including phenoxy) is 3. The van der Waals surface area contributed by atoms with Gasteiger partial charge in [-0.15, -0.1) is 0 Å². The Morgan fingerprint density at radius 1 is 1.32 bits per heavy atom. The molecule has 0 amide bonds. The Hall–Kier alpha value is -1.14. The minimum absolute atomic E-state index is 0.0768. The number of hydrogen-bond acceptors (Lipinski definition) is 5. The summed E-state index contributed by atoms with van der Waals surface area (Å²) in [5.41, 5.74) is -0.489. The topological polar surface area (TPSA) is 57.7 Å². The quantitative estimate of drug-likeness (QED) is 0.455. The van der Waals surface area contributed by atoms with Gasteiger partial charge < -0.3 is 14.2 Å². The first-order valence-electron chi connectivity index (χ1n) is 5.92. The van der Waals surface area contributed by atoms with Crippen molar-refractivity contribution in [1.29, 1.82) is 0 Å². The summed E-state index contributed by atoms with van der Waals surface area (Å²) < 4.78 is 16.3. The Labute approximate surface area is 121 Å². The van der Waals surface area contributed by atoms with Crippen LogP contribution in [0, 0.1) is 0 Å². The van der Waals surface area contributed by atoms with E-state index in [0.717, 1.165) is 0 Å². The standard InChI is InChI=1S/C13H18BrNO4/c1-13(2,3)19-12(16)9-17-7-8-18-11-6-4-5-10(14)15-11/h4-6H,7-9H2,1-3H3. The number of rotatable bonds is 6. The van der Waals surface area contributed by atoms with Crippen LogP contribution in [0.4, 0.5) is 0 Å². The first kappa shape index (κ1) is 15.9. The number of nitrogens with zero attached hydrogens (tertiary/aromatic N) is 1. The molecule has 0 aliphatic heterocycles. The van der Waals surface area contributed by atoms with E-state index in [1.807, 2.05) is 32.9 Å². The predicted octanol–water partition coefficient (Wildman–Crippen LogP) is 2.58. The number of carbonyl (C=O) groups is 1. The number of hydrogen-bond donors (Lipinski definition) is 0. The number of aromatic nitrogens is 1. The second kappa shape index (κ2) is 7.45. The number of pyridine rings is 1. The van der Waals surface area contributed by atoms with Gasteiger partial charge in [0, 0.05) is 6.07 Å². The molecule has 0 saturated carbocycles. The highest BCUT2D eigenvalue weighted by Crippen LogP contribution is 2.11. The van der Waals surface area contributed by atoms with E-state index in [1.54, 1.807) is 6.07 Å². The predicted molar refractivity (Wildman–Crippen MR) is 74.1 cm³/mol. The summed E-state index contributed by atoms with van der Waals surface area (Å²) in [5, 5.41) is 0. The van der Waals surface area contributed by atoms with Crippen LogP contribution in [0.2, 0.25) is 0 Å². The lowest BCUT2D eigenvalue weighted by atomic mass is 10.2. The van der Waals surface area contributed by atoms with Gasteiger partial charge in [-0.25, -0.2) is 9.78 Å². The molecule has 19 heavy (non-hydrogen) atoms. The molecule has 0 unspecified atom stereocenters. The van der Waals surface area contributed by atoms with Crippen molar-refractivity contribution >= 4 is 21.9 Å². The molecule has 1 rings (SSSR count). The SMILES string of the molecule is CC(C)(C)OC(=O)COCCOc1cccc(Br)n1. The van der Waals surface area contributed by atoms with Gasteiger partial charge in [-0.05, 0) is 42.8 Å². The van der Waals surface area contributed by atoms with E-state index >= 15 is 0 Å². The molecular weight excluding hydrogens is 314 g/mol. The van der Waals surface area contributed by atoms with Gasteiger partial charge >= 0.3 is 5.97 Å². The zero-order valence-electron chi connectivity index (χ0n) is 11.3. The van der Waals surface area contributed by atoms with Crippen molar-refractivity contribution < 1.29 is 19.0 Å². The summed E-state index contributed by atoms with van der Waals surface area (Å²) in [6.45, 7) is 5.99. The molecule has 0 radical (unpaired) electrons. The molecule has 0 spiro atoms.